The van der Waals surface area contributed by atoms with Crippen molar-refractivity contribution in [2.75, 3.05) is 0 Å². The first-order valence-corrected chi connectivity index (χ1v) is 8.32. The van der Waals surface area contributed by atoms with E-state index >= 15 is 0 Å². The second kappa shape index (κ2) is 5.51. The lowest BCUT2D eigenvalue weighted by molar-refractivity contribution is 0.501. The molecule has 0 N–H and O–H groups in total. The van der Waals surface area contributed by atoms with Gasteiger partial charge in [-0.3, -0.25) is 4.79 Å². The Morgan fingerprint density at radius 1 is 1.04 bits per heavy atom. The highest BCUT2D eigenvalue weighted by atomic mass is 16.1. The van der Waals surface area contributed by atoms with Crippen molar-refractivity contribution in [2.24, 2.45) is 0 Å². The molecule has 0 spiro atoms. The van der Waals surface area contributed by atoms with Crippen LogP contribution in [0.15, 0.2) is 41.2 Å². The fourth-order valence-corrected chi connectivity index (χ4v) is 3.17. The fourth-order valence-electron chi connectivity index (χ4n) is 3.17. The van der Waals surface area contributed by atoms with Crippen molar-refractivity contribution in [2.45, 2.75) is 33.7 Å². The maximum absolute atomic E-state index is 12.8. The van der Waals surface area contributed by atoms with Gasteiger partial charge >= 0.3 is 0 Å². The van der Waals surface area contributed by atoms with Crippen molar-refractivity contribution < 1.29 is 0 Å². The van der Waals surface area contributed by atoms with Crippen LogP contribution in [0.2, 0.25) is 0 Å². The van der Waals surface area contributed by atoms with E-state index in [4.69, 9.17) is 0 Å². The number of aryl methyl sites for hydroxylation is 2. The smallest absolute Gasteiger partial charge is 0.265 e. The minimum Gasteiger partial charge on any atom is -0.265 e. The van der Waals surface area contributed by atoms with Crippen LogP contribution in [-0.2, 0) is 0 Å². The van der Waals surface area contributed by atoms with Crippen LogP contribution in [0.3, 0.4) is 0 Å². The molecular formula is C19H19N5O. The van der Waals surface area contributed by atoms with Gasteiger partial charge in [-0.2, -0.15) is 10.2 Å². The van der Waals surface area contributed by atoms with Gasteiger partial charge in [-0.25, -0.2) is 14.2 Å². The van der Waals surface area contributed by atoms with Gasteiger partial charge in [-0.05, 0) is 33.8 Å². The zero-order valence-electron chi connectivity index (χ0n) is 14.7. The summed E-state index contributed by atoms with van der Waals surface area (Å²) in [6.07, 6.45) is 0. The molecule has 0 atom stereocenters. The average Bonchev–Trinajstić information content (AvgIpc) is 3.04. The topological polar surface area (TPSA) is 65.1 Å². The van der Waals surface area contributed by atoms with Crippen LogP contribution in [0, 0.1) is 13.8 Å². The van der Waals surface area contributed by atoms with Gasteiger partial charge in [0.05, 0.1) is 28.3 Å². The van der Waals surface area contributed by atoms with E-state index in [2.05, 4.69) is 15.2 Å². The Hall–Kier alpha value is -3.02. The Morgan fingerprint density at radius 2 is 1.76 bits per heavy atom. The number of aromatic nitrogens is 5. The molecule has 4 rings (SSSR count). The summed E-state index contributed by atoms with van der Waals surface area (Å²) in [4.78, 5) is 17.3. The summed E-state index contributed by atoms with van der Waals surface area (Å²) < 4.78 is 3.29. The molecule has 0 fully saturated rings. The summed E-state index contributed by atoms with van der Waals surface area (Å²) in [5, 5.41) is 9.93. The van der Waals surface area contributed by atoms with Crippen molar-refractivity contribution in [3.63, 3.8) is 0 Å². The molecule has 126 valence electrons. The second-order valence-electron chi connectivity index (χ2n) is 6.50. The van der Waals surface area contributed by atoms with E-state index in [1.165, 1.54) is 4.68 Å². The van der Waals surface area contributed by atoms with Crippen molar-refractivity contribution in [1.82, 2.24) is 24.4 Å². The van der Waals surface area contributed by atoms with Crippen LogP contribution in [0.5, 0.6) is 0 Å². The number of benzene rings is 1. The first-order valence-electron chi connectivity index (χ1n) is 8.32. The average molecular weight is 333 g/mol. The summed E-state index contributed by atoms with van der Waals surface area (Å²) in [6.45, 7) is 7.66. The normalized spacial score (nSPS) is 11.7. The van der Waals surface area contributed by atoms with Crippen LogP contribution in [0.25, 0.3) is 27.7 Å². The number of hydrogen-bond acceptors (Lipinski definition) is 4. The molecule has 0 saturated carbocycles. The number of fused-ring (bicyclic) bond motifs is 3. The van der Waals surface area contributed by atoms with Gasteiger partial charge < -0.3 is 0 Å². The zero-order chi connectivity index (χ0) is 17.7. The zero-order valence-corrected chi connectivity index (χ0v) is 14.7. The minimum atomic E-state index is -0.163. The van der Waals surface area contributed by atoms with E-state index in [9.17, 15) is 4.79 Å². The summed E-state index contributed by atoms with van der Waals surface area (Å²) in [6, 6.07) is 12.0. The third-order valence-electron chi connectivity index (χ3n) is 4.37. The predicted octanol–water partition coefficient (Wildman–Crippen LogP) is 3.30. The number of rotatable bonds is 2. The predicted molar refractivity (Wildman–Crippen MR) is 97.8 cm³/mol. The molecule has 0 aliphatic carbocycles. The van der Waals surface area contributed by atoms with E-state index in [1.54, 1.807) is 4.52 Å². The molecule has 6 heteroatoms. The SMILES string of the molecule is Cc1nn(C(C)C)c(=O)c2nc(C)n3nc(-c4ccccc4)cc3c12. The molecular weight excluding hydrogens is 314 g/mol. The Bertz CT molecular complexity index is 1160. The van der Waals surface area contributed by atoms with Gasteiger partial charge in [0, 0.05) is 5.56 Å². The van der Waals surface area contributed by atoms with Crippen LogP contribution in [0.1, 0.15) is 31.4 Å². The maximum Gasteiger partial charge on any atom is 0.293 e. The van der Waals surface area contributed by atoms with Crippen LogP contribution < -0.4 is 5.56 Å². The number of hydrogen-bond donors (Lipinski definition) is 0. The molecule has 0 aliphatic rings. The highest BCUT2D eigenvalue weighted by Crippen LogP contribution is 2.25. The van der Waals surface area contributed by atoms with E-state index in [0.717, 1.165) is 27.9 Å². The molecule has 1 aromatic carbocycles. The summed E-state index contributed by atoms with van der Waals surface area (Å²) in [5.41, 5.74) is 3.80. The van der Waals surface area contributed by atoms with Gasteiger partial charge in [0.1, 0.15) is 11.3 Å². The Balaban J connectivity index is 2.12. The Morgan fingerprint density at radius 3 is 2.44 bits per heavy atom. The Labute approximate surface area is 144 Å². The van der Waals surface area contributed by atoms with Crippen molar-refractivity contribution in [3.8, 4) is 11.3 Å². The lowest BCUT2D eigenvalue weighted by Crippen LogP contribution is -2.27. The standard InChI is InChI=1S/C19H19N5O/c1-11(2)23-19(25)18-17(12(3)21-23)16-10-15(14-8-6-5-7-9-14)22-24(16)13(4)20-18/h5-11H,1-4H3. The first-order chi connectivity index (χ1) is 12.0. The molecule has 3 aromatic heterocycles. The van der Waals surface area contributed by atoms with Crippen molar-refractivity contribution in [1.29, 1.82) is 0 Å². The molecule has 3 heterocycles. The molecule has 6 nitrogen and oxygen atoms in total. The van der Waals surface area contributed by atoms with Gasteiger partial charge in [-0.1, -0.05) is 30.3 Å². The molecule has 0 unspecified atom stereocenters. The lowest BCUT2D eigenvalue weighted by Gasteiger charge is -2.12. The third-order valence-corrected chi connectivity index (χ3v) is 4.37. The lowest BCUT2D eigenvalue weighted by atomic mass is 10.1. The molecule has 0 aliphatic heterocycles. The van der Waals surface area contributed by atoms with Gasteiger partial charge in [0.15, 0.2) is 0 Å². The van der Waals surface area contributed by atoms with Gasteiger partial charge in [-0.15, -0.1) is 0 Å². The largest absolute Gasteiger partial charge is 0.293 e. The fraction of sp³-hybridized carbons (Fsp3) is 0.263. The highest BCUT2D eigenvalue weighted by Gasteiger charge is 2.18. The third kappa shape index (κ3) is 2.33. The molecule has 4 aromatic rings. The van der Waals surface area contributed by atoms with Gasteiger partial charge in [0.25, 0.3) is 5.56 Å². The first kappa shape index (κ1) is 15.5. The monoisotopic (exact) mass is 333 g/mol. The molecule has 0 amide bonds. The van der Waals surface area contributed by atoms with E-state index in [1.807, 2.05) is 64.1 Å². The maximum atomic E-state index is 12.8. The van der Waals surface area contributed by atoms with Crippen molar-refractivity contribution >= 4 is 16.4 Å². The summed E-state index contributed by atoms with van der Waals surface area (Å²) >= 11 is 0. The second-order valence-corrected chi connectivity index (χ2v) is 6.50. The highest BCUT2D eigenvalue weighted by molar-refractivity contribution is 5.96. The van der Waals surface area contributed by atoms with Crippen LogP contribution in [0.4, 0.5) is 0 Å². The van der Waals surface area contributed by atoms with Crippen molar-refractivity contribution in [3.05, 3.63) is 58.3 Å². The molecule has 0 saturated heterocycles. The van der Waals surface area contributed by atoms with Crippen LogP contribution >= 0.6 is 0 Å². The van der Waals surface area contributed by atoms with E-state index in [-0.39, 0.29) is 11.6 Å². The van der Waals surface area contributed by atoms with Gasteiger partial charge in [0.2, 0.25) is 0 Å². The Kier molecular flexibility index (Phi) is 3.42. The summed E-state index contributed by atoms with van der Waals surface area (Å²) in [7, 11) is 0. The molecule has 25 heavy (non-hydrogen) atoms. The van der Waals surface area contributed by atoms with E-state index < -0.39 is 0 Å². The van der Waals surface area contributed by atoms with E-state index in [0.29, 0.717) is 11.3 Å². The molecule has 0 radical (unpaired) electrons. The van der Waals surface area contributed by atoms with Crippen LogP contribution in [-0.4, -0.2) is 24.4 Å². The quantitative estimate of drug-likeness (QED) is 0.564. The minimum absolute atomic E-state index is 0.0151. The summed E-state index contributed by atoms with van der Waals surface area (Å²) in [5.74, 6) is 0.683. The molecule has 0 bridgehead atoms. The number of nitrogens with zero attached hydrogens (tertiary/aromatic N) is 5.